The molecule has 0 saturated carbocycles. The van der Waals surface area contributed by atoms with Gasteiger partial charge in [-0.05, 0) is 31.5 Å². The Hall–Kier alpha value is -2.06. The molecular formula is C13H18N4O3S. The van der Waals surface area contributed by atoms with Crippen LogP contribution in [0, 0.1) is 13.8 Å². The highest BCUT2D eigenvalue weighted by Gasteiger charge is 2.21. The number of aromatic nitrogens is 2. The van der Waals surface area contributed by atoms with Gasteiger partial charge in [0, 0.05) is 6.54 Å². The van der Waals surface area contributed by atoms with E-state index in [0.29, 0.717) is 22.8 Å². The normalized spacial score (nSPS) is 11.6. The van der Waals surface area contributed by atoms with Crippen molar-refractivity contribution in [3.63, 3.8) is 0 Å². The number of nitrogen functional groups attached to an aromatic ring is 1. The molecule has 0 fully saturated rings. The summed E-state index contributed by atoms with van der Waals surface area (Å²) in [6, 6.07) is 5.14. The van der Waals surface area contributed by atoms with Gasteiger partial charge >= 0.3 is 0 Å². The Morgan fingerprint density at radius 1 is 1.38 bits per heavy atom. The summed E-state index contributed by atoms with van der Waals surface area (Å²) in [4.78, 5) is 0.184. The smallest absolute Gasteiger partial charge is 0.244 e. The number of anilines is 1. The zero-order valence-electron chi connectivity index (χ0n) is 12.1. The fourth-order valence-corrected chi connectivity index (χ4v) is 3.47. The van der Waals surface area contributed by atoms with Crippen LogP contribution < -0.4 is 15.2 Å². The molecular weight excluding hydrogens is 292 g/mol. The van der Waals surface area contributed by atoms with Gasteiger partial charge in [-0.25, -0.2) is 13.1 Å². The van der Waals surface area contributed by atoms with Crippen molar-refractivity contribution >= 4 is 15.7 Å². The van der Waals surface area contributed by atoms with Crippen molar-refractivity contribution in [2.75, 3.05) is 12.8 Å². The molecule has 1 aromatic heterocycles. The van der Waals surface area contributed by atoms with Crippen LogP contribution in [-0.2, 0) is 16.6 Å². The van der Waals surface area contributed by atoms with Crippen molar-refractivity contribution in [2.24, 2.45) is 0 Å². The highest BCUT2D eigenvalue weighted by Crippen LogP contribution is 2.22. The van der Waals surface area contributed by atoms with Gasteiger partial charge in [-0.15, -0.1) is 0 Å². The maximum Gasteiger partial charge on any atom is 0.244 e. The predicted molar refractivity (Wildman–Crippen MR) is 79.5 cm³/mol. The molecule has 21 heavy (non-hydrogen) atoms. The largest absolute Gasteiger partial charge is 0.495 e. The Balaban J connectivity index is 2.18. The first-order valence-electron chi connectivity index (χ1n) is 6.28. The maximum absolute atomic E-state index is 12.3. The van der Waals surface area contributed by atoms with Gasteiger partial charge in [-0.3, -0.25) is 5.10 Å². The molecule has 0 bridgehead atoms. The Labute approximate surface area is 123 Å². The molecule has 4 N–H and O–H groups in total. The molecule has 7 nitrogen and oxygen atoms in total. The van der Waals surface area contributed by atoms with Crippen molar-refractivity contribution in [3.8, 4) is 5.75 Å². The van der Waals surface area contributed by atoms with Gasteiger partial charge < -0.3 is 10.5 Å². The number of nitrogens with zero attached hydrogens (tertiary/aromatic N) is 1. The summed E-state index contributed by atoms with van der Waals surface area (Å²) in [7, 11) is -2.09. The maximum atomic E-state index is 12.3. The molecule has 0 amide bonds. The third-order valence-corrected chi connectivity index (χ3v) is 4.75. The minimum atomic E-state index is -3.62. The third kappa shape index (κ3) is 3.17. The van der Waals surface area contributed by atoms with E-state index in [1.54, 1.807) is 32.0 Å². The summed E-state index contributed by atoms with van der Waals surface area (Å²) in [5.41, 5.74) is 7.95. The van der Waals surface area contributed by atoms with E-state index in [1.807, 2.05) is 0 Å². The topological polar surface area (TPSA) is 110 Å². The van der Waals surface area contributed by atoms with Gasteiger partial charge in [0.25, 0.3) is 0 Å². The quantitative estimate of drug-likeness (QED) is 0.716. The summed E-state index contributed by atoms with van der Waals surface area (Å²) in [5, 5.41) is 6.55. The van der Waals surface area contributed by atoms with Crippen molar-refractivity contribution in [1.82, 2.24) is 14.9 Å². The first-order valence-corrected chi connectivity index (χ1v) is 7.77. The minimum Gasteiger partial charge on any atom is -0.495 e. The van der Waals surface area contributed by atoms with Crippen LogP contribution in [0.1, 0.15) is 17.0 Å². The number of benzene rings is 1. The second kappa shape index (κ2) is 5.74. The van der Waals surface area contributed by atoms with Gasteiger partial charge in [0.05, 0.1) is 24.2 Å². The van der Waals surface area contributed by atoms with Crippen LogP contribution >= 0.6 is 0 Å². The number of nitrogens with two attached hydrogens (primary N) is 1. The molecule has 0 saturated heterocycles. The molecule has 0 aliphatic carbocycles. The lowest BCUT2D eigenvalue weighted by atomic mass is 10.2. The number of ether oxygens (including phenoxy) is 1. The van der Waals surface area contributed by atoms with E-state index in [2.05, 4.69) is 14.9 Å². The monoisotopic (exact) mass is 310 g/mol. The molecule has 0 unspecified atom stereocenters. The SMILES string of the molecule is COc1ccc(CNS(=O)(=O)c2c(C)n[nH]c2C)cc1N. The summed E-state index contributed by atoms with van der Waals surface area (Å²) in [6.07, 6.45) is 0. The van der Waals surface area contributed by atoms with Gasteiger partial charge in [0.15, 0.2) is 0 Å². The zero-order chi connectivity index (χ0) is 15.6. The Morgan fingerprint density at radius 3 is 2.62 bits per heavy atom. The summed E-state index contributed by atoms with van der Waals surface area (Å²) in [5.74, 6) is 0.558. The summed E-state index contributed by atoms with van der Waals surface area (Å²) < 4.78 is 32.2. The number of nitrogens with one attached hydrogen (secondary N) is 2. The molecule has 0 spiro atoms. The lowest BCUT2D eigenvalue weighted by Gasteiger charge is -2.09. The molecule has 2 aromatic rings. The van der Waals surface area contributed by atoms with Gasteiger partial charge in [0.2, 0.25) is 10.0 Å². The van der Waals surface area contributed by atoms with Gasteiger partial charge in [0.1, 0.15) is 10.6 Å². The van der Waals surface area contributed by atoms with Crippen LogP contribution in [0.2, 0.25) is 0 Å². The Bertz CT molecular complexity index is 733. The number of sulfonamides is 1. The average Bonchev–Trinajstić information content (AvgIpc) is 2.77. The molecule has 0 aliphatic heterocycles. The van der Waals surface area contributed by atoms with E-state index in [1.165, 1.54) is 7.11 Å². The standard InChI is InChI=1S/C13H18N4O3S/c1-8-13(9(2)17-16-8)21(18,19)15-7-10-4-5-12(20-3)11(14)6-10/h4-6,15H,7,14H2,1-3H3,(H,16,17). The number of hydrogen-bond acceptors (Lipinski definition) is 5. The molecule has 2 rings (SSSR count). The fraction of sp³-hybridized carbons (Fsp3) is 0.308. The molecule has 0 atom stereocenters. The molecule has 8 heteroatoms. The molecule has 1 heterocycles. The first-order chi connectivity index (χ1) is 9.85. The van der Waals surface area contributed by atoms with E-state index in [4.69, 9.17) is 10.5 Å². The van der Waals surface area contributed by atoms with Crippen molar-refractivity contribution in [1.29, 1.82) is 0 Å². The fourth-order valence-electron chi connectivity index (χ4n) is 2.08. The van der Waals surface area contributed by atoms with Crippen LogP contribution in [0.4, 0.5) is 5.69 Å². The van der Waals surface area contributed by atoms with Crippen LogP contribution in [0.15, 0.2) is 23.1 Å². The third-order valence-electron chi connectivity index (χ3n) is 3.09. The lowest BCUT2D eigenvalue weighted by Crippen LogP contribution is -2.24. The van der Waals surface area contributed by atoms with E-state index in [0.717, 1.165) is 5.56 Å². The second-order valence-electron chi connectivity index (χ2n) is 4.66. The highest BCUT2D eigenvalue weighted by atomic mass is 32.2. The minimum absolute atomic E-state index is 0.139. The summed E-state index contributed by atoms with van der Waals surface area (Å²) in [6.45, 7) is 3.45. The summed E-state index contributed by atoms with van der Waals surface area (Å²) >= 11 is 0. The molecule has 0 radical (unpaired) electrons. The Kier molecular flexibility index (Phi) is 4.19. The van der Waals surface area contributed by atoms with Crippen LogP contribution in [-0.4, -0.2) is 25.7 Å². The van der Waals surface area contributed by atoms with Crippen molar-refractivity contribution in [3.05, 3.63) is 35.2 Å². The van der Waals surface area contributed by atoms with E-state index >= 15 is 0 Å². The number of rotatable bonds is 5. The van der Waals surface area contributed by atoms with E-state index < -0.39 is 10.0 Å². The lowest BCUT2D eigenvalue weighted by molar-refractivity contribution is 0.417. The predicted octanol–water partition coefficient (Wildman–Crippen LogP) is 1.10. The highest BCUT2D eigenvalue weighted by molar-refractivity contribution is 7.89. The van der Waals surface area contributed by atoms with Crippen LogP contribution in [0.3, 0.4) is 0 Å². The van der Waals surface area contributed by atoms with Crippen molar-refractivity contribution in [2.45, 2.75) is 25.3 Å². The number of hydrogen-bond donors (Lipinski definition) is 3. The first kappa shape index (κ1) is 15.3. The molecule has 1 aromatic carbocycles. The number of methoxy groups -OCH3 is 1. The number of aryl methyl sites for hydroxylation is 2. The van der Waals surface area contributed by atoms with Crippen LogP contribution in [0.25, 0.3) is 0 Å². The zero-order valence-corrected chi connectivity index (χ0v) is 12.9. The molecule has 114 valence electrons. The number of H-pyrrole nitrogens is 1. The molecule has 0 aliphatic rings. The number of aromatic amines is 1. The van der Waals surface area contributed by atoms with Crippen molar-refractivity contribution < 1.29 is 13.2 Å². The van der Waals surface area contributed by atoms with Gasteiger partial charge in [-0.1, -0.05) is 6.07 Å². The van der Waals surface area contributed by atoms with E-state index in [9.17, 15) is 8.42 Å². The Morgan fingerprint density at radius 2 is 2.10 bits per heavy atom. The average molecular weight is 310 g/mol. The van der Waals surface area contributed by atoms with E-state index in [-0.39, 0.29) is 11.4 Å². The van der Waals surface area contributed by atoms with Gasteiger partial charge in [-0.2, -0.15) is 5.10 Å². The van der Waals surface area contributed by atoms with Crippen LogP contribution in [0.5, 0.6) is 5.75 Å². The second-order valence-corrected chi connectivity index (χ2v) is 6.37.